The Kier molecular flexibility index (Phi) is 7.21. The molecule has 0 bridgehead atoms. The fourth-order valence-corrected chi connectivity index (χ4v) is 2.11. The maximum atomic E-state index is 11.6. The molecule has 0 aromatic carbocycles. The highest BCUT2D eigenvalue weighted by Gasteiger charge is 2.14. The van der Waals surface area contributed by atoms with E-state index >= 15 is 0 Å². The van der Waals surface area contributed by atoms with Crippen molar-refractivity contribution in [2.24, 2.45) is 0 Å². The number of carbonyl (C=O) groups excluding carboxylic acids is 1. The Labute approximate surface area is 104 Å². The van der Waals surface area contributed by atoms with E-state index in [1.807, 2.05) is 0 Å². The average Bonchev–Trinajstić information content (AvgIpc) is 2.84. The second-order valence-corrected chi connectivity index (χ2v) is 4.68. The van der Waals surface area contributed by atoms with E-state index in [1.165, 1.54) is 12.8 Å². The van der Waals surface area contributed by atoms with E-state index in [9.17, 15) is 4.79 Å². The first kappa shape index (κ1) is 14.5. The Bertz CT molecular complexity index is 211. The Morgan fingerprint density at radius 2 is 2.18 bits per heavy atom. The zero-order chi connectivity index (χ0) is 12.5. The van der Waals surface area contributed by atoms with Gasteiger partial charge in [0, 0.05) is 12.6 Å². The van der Waals surface area contributed by atoms with Gasteiger partial charge in [0.2, 0.25) is 5.91 Å². The predicted molar refractivity (Wildman–Crippen MR) is 69.0 cm³/mol. The van der Waals surface area contributed by atoms with Crippen LogP contribution in [0, 0.1) is 0 Å². The molecule has 4 heteroatoms. The molecule has 1 aliphatic heterocycles. The van der Waals surface area contributed by atoms with Gasteiger partial charge in [-0.2, -0.15) is 0 Å². The second-order valence-electron chi connectivity index (χ2n) is 4.68. The van der Waals surface area contributed by atoms with Gasteiger partial charge in [0.05, 0.1) is 12.6 Å². The monoisotopic (exact) mass is 242 g/mol. The van der Waals surface area contributed by atoms with Crippen molar-refractivity contribution >= 4 is 5.91 Å². The topological polar surface area (TPSA) is 50.4 Å². The number of hydrogen-bond donors (Lipinski definition) is 2. The lowest BCUT2D eigenvalue weighted by Gasteiger charge is -2.15. The van der Waals surface area contributed by atoms with E-state index < -0.39 is 0 Å². The molecule has 1 saturated heterocycles. The summed E-state index contributed by atoms with van der Waals surface area (Å²) in [6, 6.07) is 0.322. The number of rotatable bonds is 8. The number of carbonyl (C=O) groups is 1. The van der Waals surface area contributed by atoms with Gasteiger partial charge in [-0.1, -0.05) is 13.8 Å². The van der Waals surface area contributed by atoms with Crippen LogP contribution >= 0.6 is 0 Å². The van der Waals surface area contributed by atoms with Crippen molar-refractivity contribution in [2.75, 3.05) is 19.7 Å². The standard InChI is InChI=1S/C13H26N2O2/c1-3-11(4-2)15-13(16)10-14-8-7-12-6-5-9-17-12/h11-12,14H,3-10H2,1-2H3,(H,15,16). The quantitative estimate of drug-likeness (QED) is 0.633. The van der Waals surface area contributed by atoms with Gasteiger partial charge in [-0.3, -0.25) is 4.79 Å². The van der Waals surface area contributed by atoms with E-state index in [0.29, 0.717) is 18.7 Å². The molecule has 1 atom stereocenters. The van der Waals surface area contributed by atoms with Crippen molar-refractivity contribution < 1.29 is 9.53 Å². The molecule has 17 heavy (non-hydrogen) atoms. The predicted octanol–water partition coefficient (Wildman–Crippen LogP) is 1.45. The number of nitrogens with one attached hydrogen (secondary N) is 2. The first-order chi connectivity index (χ1) is 8.26. The van der Waals surface area contributed by atoms with Gasteiger partial charge in [0.15, 0.2) is 0 Å². The highest BCUT2D eigenvalue weighted by molar-refractivity contribution is 5.78. The lowest BCUT2D eigenvalue weighted by molar-refractivity contribution is -0.121. The third-order valence-electron chi connectivity index (χ3n) is 3.30. The Balaban J connectivity index is 1.99. The smallest absolute Gasteiger partial charge is 0.234 e. The van der Waals surface area contributed by atoms with Crippen LogP contribution in [-0.4, -0.2) is 37.7 Å². The van der Waals surface area contributed by atoms with Crippen molar-refractivity contribution in [1.29, 1.82) is 0 Å². The molecule has 0 aliphatic carbocycles. The first-order valence-electron chi connectivity index (χ1n) is 6.88. The Morgan fingerprint density at radius 3 is 2.76 bits per heavy atom. The minimum Gasteiger partial charge on any atom is -0.378 e. The van der Waals surface area contributed by atoms with Crippen molar-refractivity contribution in [3.05, 3.63) is 0 Å². The molecule has 0 aromatic rings. The van der Waals surface area contributed by atoms with Crippen molar-refractivity contribution in [3.8, 4) is 0 Å². The van der Waals surface area contributed by atoms with Crippen LogP contribution in [0.25, 0.3) is 0 Å². The van der Waals surface area contributed by atoms with E-state index in [-0.39, 0.29) is 5.91 Å². The minimum atomic E-state index is 0.103. The van der Waals surface area contributed by atoms with Gasteiger partial charge in [-0.15, -0.1) is 0 Å². The van der Waals surface area contributed by atoms with Gasteiger partial charge in [-0.25, -0.2) is 0 Å². The van der Waals surface area contributed by atoms with Crippen molar-refractivity contribution in [3.63, 3.8) is 0 Å². The molecule has 100 valence electrons. The summed E-state index contributed by atoms with van der Waals surface area (Å²) in [7, 11) is 0. The molecule has 4 nitrogen and oxygen atoms in total. The average molecular weight is 242 g/mol. The summed E-state index contributed by atoms with van der Waals surface area (Å²) in [4.78, 5) is 11.6. The molecule has 0 aromatic heterocycles. The summed E-state index contributed by atoms with van der Waals surface area (Å²) in [6.07, 6.45) is 5.76. The number of ether oxygens (including phenoxy) is 1. The summed E-state index contributed by atoms with van der Waals surface area (Å²) in [5, 5.41) is 6.19. The summed E-state index contributed by atoms with van der Waals surface area (Å²) in [6.45, 7) is 6.38. The molecule has 1 heterocycles. The lowest BCUT2D eigenvalue weighted by atomic mass is 10.2. The molecular weight excluding hydrogens is 216 g/mol. The summed E-state index contributed by atoms with van der Waals surface area (Å²) in [5.41, 5.74) is 0. The normalized spacial score (nSPS) is 19.8. The second kappa shape index (κ2) is 8.48. The van der Waals surface area contributed by atoms with Crippen LogP contribution in [-0.2, 0) is 9.53 Å². The molecule has 0 saturated carbocycles. The zero-order valence-electron chi connectivity index (χ0n) is 11.1. The largest absolute Gasteiger partial charge is 0.378 e. The molecule has 1 rings (SSSR count). The van der Waals surface area contributed by atoms with Crippen LogP contribution in [0.15, 0.2) is 0 Å². The molecule has 1 fully saturated rings. The third-order valence-corrected chi connectivity index (χ3v) is 3.30. The molecule has 0 spiro atoms. The van der Waals surface area contributed by atoms with Gasteiger partial charge >= 0.3 is 0 Å². The van der Waals surface area contributed by atoms with Gasteiger partial charge in [0.25, 0.3) is 0 Å². The lowest BCUT2D eigenvalue weighted by Crippen LogP contribution is -2.40. The Hall–Kier alpha value is -0.610. The van der Waals surface area contributed by atoms with Crippen LogP contribution < -0.4 is 10.6 Å². The van der Waals surface area contributed by atoms with Gasteiger partial charge in [0.1, 0.15) is 0 Å². The zero-order valence-corrected chi connectivity index (χ0v) is 11.1. The number of amides is 1. The third kappa shape index (κ3) is 6.03. The maximum Gasteiger partial charge on any atom is 0.234 e. The summed E-state index contributed by atoms with van der Waals surface area (Å²) in [5.74, 6) is 0.103. The molecule has 0 radical (unpaired) electrons. The van der Waals surface area contributed by atoms with Crippen molar-refractivity contribution in [1.82, 2.24) is 10.6 Å². The maximum absolute atomic E-state index is 11.6. The van der Waals surface area contributed by atoms with Gasteiger partial charge in [-0.05, 0) is 38.6 Å². The molecule has 1 unspecified atom stereocenters. The first-order valence-corrected chi connectivity index (χ1v) is 6.88. The van der Waals surface area contributed by atoms with Crippen LogP contribution in [0.1, 0.15) is 46.0 Å². The van der Waals surface area contributed by atoms with Crippen molar-refractivity contribution in [2.45, 2.75) is 58.1 Å². The van der Waals surface area contributed by atoms with E-state index in [1.54, 1.807) is 0 Å². The van der Waals surface area contributed by atoms with Crippen LogP contribution in [0.5, 0.6) is 0 Å². The molecule has 2 N–H and O–H groups in total. The summed E-state index contributed by atoms with van der Waals surface area (Å²) < 4.78 is 5.52. The van der Waals surface area contributed by atoms with Crippen LogP contribution in [0.2, 0.25) is 0 Å². The molecule has 1 aliphatic rings. The fraction of sp³-hybridized carbons (Fsp3) is 0.923. The fourth-order valence-electron chi connectivity index (χ4n) is 2.11. The van der Waals surface area contributed by atoms with Crippen LogP contribution in [0.4, 0.5) is 0 Å². The highest BCUT2D eigenvalue weighted by Crippen LogP contribution is 2.14. The SMILES string of the molecule is CCC(CC)NC(=O)CNCCC1CCCO1. The molecule has 1 amide bonds. The van der Waals surface area contributed by atoms with Crippen LogP contribution in [0.3, 0.4) is 0 Å². The minimum absolute atomic E-state index is 0.103. The summed E-state index contributed by atoms with van der Waals surface area (Å²) >= 11 is 0. The number of hydrogen-bond acceptors (Lipinski definition) is 3. The van der Waals surface area contributed by atoms with E-state index in [0.717, 1.165) is 32.4 Å². The van der Waals surface area contributed by atoms with E-state index in [2.05, 4.69) is 24.5 Å². The highest BCUT2D eigenvalue weighted by atomic mass is 16.5. The Morgan fingerprint density at radius 1 is 1.41 bits per heavy atom. The molecular formula is C13H26N2O2. The van der Waals surface area contributed by atoms with E-state index in [4.69, 9.17) is 4.74 Å². The van der Waals surface area contributed by atoms with Gasteiger partial charge < -0.3 is 15.4 Å².